The largest absolute Gasteiger partial charge is 0.489 e. The monoisotopic (exact) mass is 610 g/mol. The van der Waals surface area contributed by atoms with Crippen molar-refractivity contribution in [3.05, 3.63) is 139 Å². The predicted octanol–water partition coefficient (Wildman–Crippen LogP) is 10.8. The smallest absolute Gasteiger partial charge is 0.228 e. The molecule has 242 valence electrons. The molecule has 0 N–H and O–H groups in total. The van der Waals surface area contributed by atoms with Gasteiger partial charge >= 0.3 is 0 Å². The number of ether oxygens (including phenoxy) is 2. The highest BCUT2D eigenvalue weighted by Gasteiger charge is 2.34. The lowest BCUT2D eigenvalue weighted by Gasteiger charge is -2.19. The SMILES string of the molecule is COC1=C(OC)C(=O)C(C/C=C(C)/C=C(C)/C=C(C)/C=C(C)/C=C(C)/C=C(C)/C=C(C)/C=C(C)/C=C(\C)C=C(C)C)=C(C)C1=O. The molecule has 0 heterocycles. The summed E-state index contributed by atoms with van der Waals surface area (Å²) < 4.78 is 10.3. The fraction of sp³-hybridized carbons (Fsp3) is 0.366. The van der Waals surface area contributed by atoms with Crippen LogP contribution in [0.1, 0.15) is 89.5 Å². The molecule has 0 bridgehead atoms. The minimum absolute atomic E-state index is 0.0376. The fourth-order valence-corrected chi connectivity index (χ4v) is 5.42. The molecule has 0 radical (unpaired) electrons. The Morgan fingerprint density at radius 1 is 0.467 bits per heavy atom. The Kier molecular flexibility index (Phi) is 16.0. The van der Waals surface area contributed by atoms with Crippen LogP contribution in [-0.4, -0.2) is 25.8 Å². The highest BCUT2D eigenvalue weighted by atomic mass is 16.5. The van der Waals surface area contributed by atoms with E-state index in [1.54, 1.807) is 6.92 Å². The van der Waals surface area contributed by atoms with Crippen molar-refractivity contribution in [2.24, 2.45) is 0 Å². The maximum atomic E-state index is 12.9. The van der Waals surface area contributed by atoms with Gasteiger partial charge in [-0.3, -0.25) is 9.59 Å². The van der Waals surface area contributed by atoms with Gasteiger partial charge in [0.15, 0.2) is 0 Å². The summed E-state index contributed by atoms with van der Waals surface area (Å²) in [5.74, 6) is -0.698. The number of carbonyl (C=O) groups is 2. The molecular weight excluding hydrogens is 556 g/mol. The molecule has 0 aromatic rings. The van der Waals surface area contributed by atoms with Crippen molar-refractivity contribution < 1.29 is 19.1 Å². The van der Waals surface area contributed by atoms with Crippen LogP contribution in [0.5, 0.6) is 0 Å². The zero-order valence-electron chi connectivity index (χ0n) is 30.1. The third-order valence-corrected chi connectivity index (χ3v) is 6.88. The van der Waals surface area contributed by atoms with E-state index in [0.29, 0.717) is 17.6 Å². The Balaban J connectivity index is 3.02. The molecule has 0 atom stereocenters. The van der Waals surface area contributed by atoms with E-state index in [4.69, 9.17) is 9.47 Å². The molecule has 0 amide bonds. The minimum atomic E-state index is -0.315. The van der Waals surface area contributed by atoms with Gasteiger partial charge in [0.05, 0.1) is 14.2 Å². The van der Waals surface area contributed by atoms with Crippen LogP contribution in [-0.2, 0) is 19.1 Å². The molecule has 0 unspecified atom stereocenters. The maximum Gasteiger partial charge on any atom is 0.228 e. The number of hydrogen-bond donors (Lipinski definition) is 0. The van der Waals surface area contributed by atoms with E-state index in [2.05, 4.69) is 124 Å². The van der Waals surface area contributed by atoms with Gasteiger partial charge in [-0.1, -0.05) is 116 Å². The van der Waals surface area contributed by atoms with Crippen molar-refractivity contribution in [3.8, 4) is 0 Å². The lowest BCUT2D eigenvalue weighted by Crippen LogP contribution is -2.24. The van der Waals surface area contributed by atoms with E-state index in [1.165, 1.54) is 53.2 Å². The summed E-state index contributed by atoms with van der Waals surface area (Å²) in [6, 6.07) is 0. The van der Waals surface area contributed by atoms with E-state index in [0.717, 1.165) is 16.7 Å². The van der Waals surface area contributed by atoms with Crippen LogP contribution in [0.4, 0.5) is 0 Å². The third kappa shape index (κ3) is 13.6. The van der Waals surface area contributed by atoms with Crippen LogP contribution in [0.15, 0.2) is 139 Å². The van der Waals surface area contributed by atoms with Crippen LogP contribution in [0, 0.1) is 0 Å². The molecule has 45 heavy (non-hydrogen) atoms. The number of allylic oxidation sites excluding steroid dienone is 22. The topological polar surface area (TPSA) is 52.6 Å². The molecular formula is C41H54O4. The first-order chi connectivity index (χ1) is 21.0. The first-order valence-electron chi connectivity index (χ1n) is 15.4. The van der Waals surface area contributed by atoms with Crippen molar-refractivity contribution in [1.29, 1.82) is 0 Å². The van der Waals surface area contributed by atoms with Crippen molar-refractivity contribution in [2.45, 2.75) is 89.5 Å². The lowest BCUT2D eigenvalue weighted by molar-refractivity contribution is -0.121. The first kappa shape index (κ1) is 38.8. The van der Waals surface area contributed by atoms with E-state index in [1.807, 2.05) is 13.0 Å². The van der Waals surface area contributed by atoms with E-state index >= 15 is 0 Å². The Morgan fingerprint density at radius 3 is 1.07 bits per heavy atom. The summed E-state index contributed by atoms with van der Waals surface area (Å²) in [6.07, 6.45) is 21.9. The molecule has 0 aromatic carbocycles. The number of methoxy groups -OCH3 is 2. The summed E-state index contributed by atoms with van der Waals surface area (Å²) >= 11 is 0. The van der Waals surface area contributed by atoms with E-state index in [9.17, 15) is 9.59 Å². The van der Waals surface area contributed by atoms with Crippen molar-refractivity contribution in [2.75, 3.05) is 14.2 Å². The van der Waals surface area contributed by atoms with Gasteiger partial charge in [-0.25, -0.2) is 0 Å². The molecule has 1 aliphatic carbocycles. The number of rotatable bonds is 13. The van der Waals surface area contributed by atoms with Gasteiger partial charge in [0.25, 0.3) is 0 Å². The first-order valence-corrected chi connectivity index (χ1v) is 15.4. The van der Waals surface area contributed by atoms with E-state index in [-0.39, 0.29) is 23.1 Å². The van der Waals surface area contributed by atoms with Gasteiger partial charge in [-0.15, -0.1) is 0 Å². The average Bonchev–Trinajstić information content (AvgIpc) is 2.88. The molecule has 0 saturated carbocycles. The summed E-state index contributed by atoms with van der Waals surface area (Å²) in [7, 11) is 2.74. The molecule has 0 saturated heterocycles. The van der Waals surface area contributed by atoms with Crippen LogP contribution < -0.4 is 0 Å². The van der Waals surface area contributed by atoms with Gasteiger partial charge < -0.3 is 9.47 Å². The standard InChI is InChI=1S/C41H54O4/c1-26(2)17-28(4)19-30(6)21-32(8)23-34(10)25-35(11)24-33(9)22-31(7)20-29(5)18-27(3)15-16-37-36(12)38(42)40(44-13)41(45-14)39(37)43/h15,17-25H,16H2,1-14H3/b27-15+,28-19+,29-18+,30-21+,31-20+,32-23+,33-22+,34-25+,35-24+. The second-order valence-electron chi connectivity index (χ2n) is 12.3. The number of hydrogen-bond acceptors (Lipinski definition) is 4. The number of ketones is 2. The number of Topliss-reactive ketones (excluding diaryl/α,β-unsaturated/α-hetero) is 2. The minimum Gasteiger partial charge on any atom is -0.489 e. The Morgan fingerprint density at radius 2 is 0.756 bits per heavy atom. The Hall–Kier alpha value is -4.18. The zero-order chi connectivity index (χ0) is 34.4. The molecule has 1 rings (SSSR count). The van der Waals surface area contributed by atoms with Gasteiger partial charge in [0, 0.05) is 11.1 Å². The highest BCUT2D eigenvalue weighted by Crippen LogP contribution is 2.28. The lowest BCUT2D eigenvalue weighted by atomic mass is 9.90. The fourth-order valence-electron chi connectivity index (χ4n) is 5.42. The second kappa shape index (κ2) is 18.6. The van der Waals surface area contributed by atoms with Crippen molar-refractivity contribution >= 4 is 11.6 Å². The molecule has 0 aromatic heterocycles. The van der Waals surface area contributed by atoms with Gasteiger partial charge in [0.1, 0.15) is 0 Å². The molecule has 4 nitrogen and oxygen atoms in total. The Bertz CT molecular complexity index is 1540. The zero-order valence-corrected chi connectivity index (χ0v) is 30.1. The van der Waals surface area contributed by atoms with Crippen molar-refractivity contribution in [3.63, 3.8) is 0 Å². The number of carbonyl (C=O) groups excluding carboxylic acids is 2. The quantitative estimate of drug-likeness (QED) is 0.154. The Labute approximate surface area is 273 Å². The second-order valence-corrected chi connectivity index (χ2v) is 12.3. The normalized spacial score (nSPS) is 17.4. The van der Waals surface area contributed by atoms with E-state index < -0.39 is 0 Å². The highest BCUT2D eigenvalue weighted by molar-refractivity contribution is 6.23. The van der Waals surface area contributed by atoms with Crippen LogP contribution in [0.2, 0.25) is 0 Å². The summed E-state index contributed by atoms with van der Waals surface area (Å²) in [5, 5.41) is 0. The summed E-state index contributed by atoms with van der Waals surface area (Å²) in [6.45, 7) is 24.8. The average molecular weight is 611 g/mol. The van der Waals surface area contributed by atoms with Gasteiger partial charge in [0.2, 0.25) is 23.1 Å². The third-order valence-electron chi connectivity index (χ3n) is 6.88. The maximum absolute atomic E-state index is 12.9. The molecule has 1 aliphatic rings. The molecule has 0 fully saturated rings. The summed E-state index contributed by atoms with van der Waals surface area (Å²) in [4.78, 5) is 25.5. The summed E-state index contributed by atoms with van der Waals surface area (Å²) in [5.41, 5.74) is 12.6. The van der Waals surface area contributed by atoms with Gasteiger partial charge in [-0.2, -0.15) is 0 Å². The van der Waals surface area contributed by atoms with Gasteiger partial charge in [-0.05, 0) is 89.5 Å². The predicted molar refractivity (Wildman–Crippen MR) is 192 cm³/mol. The molecule has 4 heteroatoms. The molecule has 0 aliphatic heterocycles. The molecule has 0 spiro atoms. The van der Waals surface area contributed by atoms with Crippen LogP contribution >= 0.6 is 0 Å². The van der Waals surface area contributed by atoms with Crippen molar-refractivity contribution in [1.82, 2.24) is 0 Å². The van der Waals surface area contributed by atoms with Crippen LogP contribution in [0.25, 0.3) is 0 Å². The van der Waals surface area contributed by atoms with Crippen LogP contribution in [0.3, 0.4) is 0 Å².